The number of pyridine rings is 1. The first-order valence-electron chi connectivity index (χ1n) is 5.85. The second kappa shape index (κ2) is 5.59. The second-order valence-electron chi connectivity index (χ2n) is 4.18. The van der Waals surface area contributed by atoms with Crippen LogP contribution in [0, 0.1) is 6.92 Å². The van der Waals surface area contributed by atoms with E-state index in [0.29, 0.717) is 0 Å². The molecule has 0 spiro atoms. The molecule has 4 nitrogen and oxygen atoms in total. The topological polar surface area (TPSA) is 42.7 Å². The molecule has 0 aliphatic carbocycles. The van der Waals surface area contributed by atoms with Gasteiger partial charge in [0.15, 0.2) is 0 Å². The zero-order valence-corrected chi connectivity index (χ0v) is 10.3. The SMILES string of the molecule is Cc1cc(CNCCc2ccncc2)n(C)n1. The van der Waals surface area contributed by atoms with E-state index in [9.17, 15) is 0 Å². The van der Waals surface area contributed by atoms with E-state index in [1.54, 1.807) is 0 Å². The summed E-state index contributed by atoms with van der Waals surface area (Å²) in [7, 11) is 1.98. The minimum atomic E-state index is 0.864. The lowest BCUT2D eigenvalue weighted by Gasteiger charge is -2.05. The monoisotopic (exact) mass is 230 g/mol. The molecule has 17 heavy (non-hydrogen) atoms. The summed E-state index contributed by atoms with van der Waals surface area (Å²) in [6.07, 6.45) is 4.69. The third-order valence-electron chi connectivity index (χ3n) is 2.74. The summed E-state index contributed by atoms with van der Waals surface area (Å²) < 4.78 is 1.93. The van der Waals surface area contributed by atoms with Gasteiger partial charge in [0, 0.05) is 26.0 Å². The van der Waals surface area contributed by atoms with Gasteiger partial charge in [-0.2, -0.15) is 5.10 Å². The molecule has 0 amide bonds. The molecular formula is C13H18N4. The smallest absolute Gasteiger partial charge is 0.0597 e. The van der Waals surface area contributed by atoms with Crippen LogP contribution in [0.5, 0.6) is 0 Å². The van der Waals surface area contributed by atoms with E-state index >= 15 is 0 Å². The van der Waals surface area contributed by atoms with Crippen LogP contribution in [-0.4, -0.2) is 21.3 Å². The van der Waals surface area contributed by atoms with Crippen molar-refractivity contribution in [1.82, 2.24) is 20.1 Å². The minimum Gasteiger partial charge on any atom is -0.311 e. The Balaban J connectivity index is 1.75. The summed E-state index contributed by atoms with van der Waals surface area (Å²) in [5, 5.41) is 7.74. The van der Waals surface area contributed by atoms with Gasteiger partial charge in [-0.25, -0.2) is 0 Å². The van der Waals surface area contributed by atoms with Crippen LogP contribution in [-0.2, 0) is 20.0 Å². The molecule has 2 aromatic rings. The lowest BCUT2D eigenvalue weighted by molar-refractivity contribution is 0.624. The van der Waals surface area contributed by atoms with Crippen molar-refractivity contribution in [2.75, 3.05) is 6.54 Å². The number of rotatable bonds is 5. The maximum absolute atomic E-state index is 4.32. The number of nitrogens with one attached hydrogen (secondary N) is 1. The van der Waals surface area contributed by atoms with Crippen LogP contribution in [0.3, 0.4) is 0 Å². The first-order chi connectivity index (χ1) is 8.25. The molecule has 2 heterocycles. The average Bonchev–Trinajstić information content (AvgIpc) is 2.65. The van der Waals surface area contributed by atoms with Gasteiger partial charge in [0.2, 0.25) is 0 Å². The van der Waals surface area contributed by atoms with Gasteiger partial charge in [0.25, 0.3) is 0 Å². The highest BCUT2D eigenvalue weighted by Gasteiger charge is 2.00. The van der Waals surface area contributed by atoms with Crippen LogP contribution in [0.4, 0.5) is 0 Å². The molecule has 0 saturated heterocycles. The van der Waals surface area contributed by atoms with Crippen molar-refractivity contribution in [3.8, 4) is 0 Å². The van der Waals surface area contributed by atoms with E-state index in [4.69, 9.17) is 0 Å². The molecule has 0 unspecified atom stereocenters. The van der Waals surface area contributed by atoms with Gasteiger partial charge >= 0.3 is 0 Å². The molecular weight excluding hydrogens is 212 g/mol. The fraction of sp³-hybridized carbons (Fsp3) is 0.385. The van der Waals surface area contributed by atoms with Crippen LogP contribution < -0.4 is 5.32 Å². The van der Waals surface area contributed by atoms with Crippen LogP contribution in [0.1, 0.15) is 17.0 Å². The third kappa shape index (κ3) is 3.39. The Hall–Kier alpha value is -1.68. The molecule has 0 fully saturated rings. The molecule has 0 aliphatic heterocycles. The number of aromatic nitrogens is 3. The minimum absolute atomic E-state index is 0.864. The predicted molar refractivity (Wildman–Crippen MR) is 67.6 cm³/mol. The van der Waals surface area contributed by atoms with Crippen LogP contribution in [0.25, 0.3) is 0 Å². The molecule has 0 bridgehead atoms. The Bertz CT molecular complexity index is 462. The molecule has 4 heteroatoms. The Morgan fingerprint density at radius 2 is 2.06 bits per heavy atom. The number of aryl methyl sites for hydroxylation is 2. The highest BCUT2D eigenvalue weighted by atomic mass is 15.3. The Kier molecular flexibility index (Phi) is 3.88. The molecule has 2 aromatic heterocycles. The summed E-state index contributed by atoms with van der Waals surface area (Å²) in [5.41, 5.74) is 3.60. The third-order valence-corrected chi connectivity index (χ3v) is 2.74. The van der Waals surface area contributed by atoms with Gasteiger partial charge in [-0.15, -0.1) is 0 Å². The molecule has 2 rings (SSSR count). The van der Waals surface area contributed by atoms with Crippen molar-refractivity contribution in [1.29, 1.82) is 0 Å². The van der Waals surface area contributed by atoms with Gasteiger partial charge in [-0.05, 0) is 43.7 Å². The summed E-state index contributed by atoms with van der Waals surface area (Å²) in [5.74, 6) is 0. The fourth-order valence-electron chi connectivity index (χ4n) is 1.83. The second-order valence-corrected chi connectivity index (χ2v) is 4.18. The first-order valence-corrected chi connectivity index (χ1v) is 5.85. The van der Waals surface area contributed by atoms with Gasteiger partial charge < -0.3 is 5.32 Å². The van der Waals surface area contributed by atoms with Gasteiger partial charge in [0.05, 0.1) is 11.4 Å². The van der Waals surface area contributed by atoms with Crippen molar-refractivity contribution in [2.24, 2.45) is 7.05 Å². The van der Waals surface area contributed by atoms with Crippen molar-refractivity contribution in [2.45, 2.75) is 19.9 Å². The quantitative estimate of drug-likeness (QED) is 0.791. The van der Waals surface area contributed by atoms with Crippen LogP contribution in [0.15, 0.2) is 30.6 Å². The largest absolute Gasteiger partial charge is 0.311 e. The standard InChI is InChI=1S/C13H18N4/c1-11-9-13(17(2)16-11)10-15-8-5-12-3-6-14-7-4-12/h3-4,6-7,9,15H,5,8,10H2,1-2H3. The lowest BCUT2D eigenvalue weighted by Crippen LogP contribution is -2.18. The zero-order chi connectivity index (χ0) is 12.1. The Labute approximate surface area is 102 Å². The van der Waals surface area contributed by atoms with E-state index in [-0.39, 0.29) is 0 Å². The van der Waals surface area contributed by atoms with E-state index in [1.807, 2.05) is 31.0 Å². The summed E-state index contributed by atoms with van der Waals surface area (Å²) in [4.78, 5) is 4.00. The summed E-state index contributed by atoms with van der Waals surface area (Å²) in [6.45, 7) is 3.84. The van der Waals surface area contributed by atoms with Crippen LogP contribution in [0.2, 0.25) is 0 Å². The van der Waals surface area contributed by atoms with Gasteiger partial charge in [-0.3, -0.25) is 9.67 Å². The highest BCUT2D eigenvalue weighted by Crippen LogP contribution is 2.01. The lowest BCUT2D eigenvalue weighted by atomic mass is 10.2. The molecule has 0 radical (unpaired) electrons. The first kappa shape index (κ1) is 11.8. The zero-order valence-electron chi connectivity index (χ0n) is 10.3. The number of hydrogen-bond acceptors (Lipinski definition) is 3. The normalized spacial score (nSPS) is 10.7. The van der Waals surface area contributed by atoms with Crippen molar-refractivity contribution >= 4 is 0 Å². The van der Waals surface area contributed by atoms with Crippen molar-refractivity contribution in [3.63, 3.8) is 0 Å². The predicted octanol–water partition coefficient (Wildman–Crippen LogP) is 1.46. The molecule has 90 valence electrons. The molecule has 0 atom stereocenters. The maximum Gasteiger partial charge on any atom is 0.0597 e. The molecule has 0 aliphatic rings. The van der Waals surface area contributed by atoms with E-state index in [0.717, 1.165) is 25.2 Å². The van der Waals surface area contributed by atoms with Gasteiger partial charge in [0.1, 0.15) is 0 Å². The highest BCUT2D eigenvalue weighted by molar-refractivity contribution is 5.10. The molecule has 0 saturated carbocycles. The van der Waals surface area contributed by atoms with E-state index in [1.165, 1.54) is 11.3 Å². The Morgan fingerprint density at radius 1 is 1.29 bits per heavy atom. The maximum atomic E-state index is 4.32. The van der Waals surface area contributed by atoms with Crippen LogP contribution >= 0.6 is 0 Å². The molecule has 1 N–H and O–H groups in total. The average molecular weight is 230 g/mol. The molecule has 0 aromatic carbocycles. The van der Waals surface area contributed by atoms with Gasteiger partial charge in [-0.1, -0.05) is 0 Å². The van der Waals surface area contributed by atoms with E-state index in [2.05, 4.69) is 33.6 Å². The van der Waals surface area contributed by atoms with Crippen molar-refractivity contribution in [3.05, 3.63) is 47.5 Å². The van der Waals surface area contributed by atoms with Crippen molar-refractivity contribution < 1.29 is 0 Å². The summed E-state index contributed by atoms with van der Waals surface area (Å²) in [6, 6.07) is 6.21. The summed E-state index contributed by atoms with van der Waals surface area (Å²) >= 11 is 0. The number of hydrogen-bond donors (Lipinski definition) is 1. The Morgan fingerprint density at radius 3 is 2.71 bits per heavy atom. The van der Waals surface area contributed by atoms with E-state index < -0.39 is 0 Å². The fourth-order valence-corrected chi connectivity index (χ4v) is 1.83. The number of nitrogens with zero attached hydrogens (tertiary/aromatic N) is 3.